The number of fused-ring (bicyclic) bond motifs is 5. The van der Waals surface area contributed by atoms with Gasteiger partial charge in [-0.1, -0.05) is 60.6 Å². The summed E-state index contributed by atoms with van der Waals surface area (Å²) < 4.78 is 5.67. The third kappa shape index (κ3) is 4.66. The summed E-state index contributed by atoms with van der Waals surface area (Å²) in [5.41, 5.74) is 0.987. The molecule has 0 bridgehead atoms. The summed E-state index contributed by atoms with van der Waals surface area (Å²) in [7, 11) is 0. The van der Waals surface area contributed by atoms with E-state index in [0.29, 0.717) is 22.7 Å². The molecule has 0 aliphatic heterocycles. The van der Waals surface area contributed by atoms with Gasteiger partial charge in [0.15, 0.2) is 0 Å². The van der Waals surface area contributed by atoms with E-state index in [9.17, 15) is 4.79 Å². The van der Waals surface area contributed by atoms with Gasteiger partial charge < -0.3 is 4.74 Å². The number of ether oxygens (including phenoxy) is 1. The van der Waals surface area contributed by atoms with Crippen LogP contribution in [0.2, 0.25) is 0 Å². The Balaban J connectivity index is 1.46. The molecule has 0 saturated heterocycles. The van der Waals surface area contributed by atoms with Gasteiger partial charge >= 0.3 is 5.97 Å². The van der Waals surface area contributed by atoms with E-state index in [0.717, 1.165) is 54.3 Å². The Morgan fingerprint density at radius 1 is 0.824 bits per heavy atom. The normalized spacial score (nSPS) is 43.1. The molecule has 34 heavy (non-hydrogen) atoms. The van der Waals surface area contributed by atoms with Crippen molar-refractivity contribution in [3.63, 3.8) is 0 Å². The fraction of sp³-hybridized carbons (Fsp3) is 0.906. The number of carbonyl (C=O) groups is 1. The maximum Gasteiger partial charge on any atom is 0.302 e. The lowest BCUT2D eigenvalue weighted by molar-refractivity contribution is -0.160. The lowest BCUT2D eigenvalue weighted by Crippen LogP contribution is -2.54. The molecule has 0 radical (unpaired) electrons. The standard InChI is InChI=1S/C32H54O2/c1-20(2)26(21(3)4)11-9-22(5)28-13-14-29-27-12-10-24-19-25(34-23(6)33)15-17-31(24,7)30(27)16-18-32(28,29)8/h9,11,20-22,24-30H,10,12-19H2,1-8H3. The van der Waals surface area contributed by atoms with E-state index < -0.39 is 0 Å². The minimum absolute atomic E-state index is 0.0935. The molecule has 4 fully saturated rings. The van der Waals surface area contributed by atoms with Gasteiger partial charge in [-0.05, 0) is 122 Å². The van der Waals surface area contributed by atoms with Crippen molar-refractivity contribution in [2.75, 3.05) is 0 Å². The highest BCUT2D eigenvalue weighted by Crippen LogP contribution is 2.68. The summed E-state index contributed by atoms with van der Waals surface area (Å²) in [6, 6.07) is 0. The topological polar surface area (TPSA) is 26.3 Å². The number of hydrogen-bond acceptors (Lipinski definition) is 2. The zero-order valence-corrected chi connectivity index (χ0v) is 23.6. The van der Waals surface area contributed by atoms with Gasteiger partial charge in [-0.15, -0.1) is 0 Å². The maximum absolute atomic E-state index is 11.5. The van der Waals surface area contributed by atoms with Gasteiger partial charge in [0, 0.05) is 6.92 Å². The quantitative estimate of drug-likeness (QED) is 0.286. The van der Waals surface area contributed by atoms with Crippen LogP contribution in [0.3, 0.4) is 0 Å². The minimum Gasteiger partial charge on any atom is -0.463 e. The third-order valence-corrected chi connectivity index (χ3v) is 11.8. The molecule has 0 aromatic carbocycles. The van der Waals surface area contributed by atoms with E-state index in [1.54, 1.807) is 6.92 Å². The zero-order valence-electron chi connectivity index (χ0n) is 23.6. The van der Waals surface area contributed by atoms with E-state index in [1.807, 2.05) is 0 Å². The molecule has 2 heteroatoms. The van der Waals surface area contributed by atoms with Crippen molar-refractivity contribution in [3.8, 4) is 0 Å². The van der Waals surface area contributed by atoms with Crippen molar-refractivity contribution >= 4 is 5.97 Å². The fourth-order valence-corrected chi connectivity index (χ4v) is 10.1. The highest BCUT2D eigenvalue weighted by molar-refractivity contribution is 5.66. The van der Waals surface area contributed by atoms with Crippen LogP contribution < -0.4 is 0 Å². The van der Waals surface area contributed by atoms with Gasteiger partial charge in [-0.25, -0.2) is 0 Å². The predicted octanol–water partition coefficient (Wildman–Crippen LogP) is 8.70. The molecule has 4 saturated carbocycles. The van der Waals surface area contributed by atoms with Crippen molar-refractivity contribution in [3.05, 3.63) is 12.2 Å². The highest BCUT2D eigenvalue weighted by atomic mass is 16.5. The summed E-state index contributed by atoms with van der Waals surface area (Å²) in [4.78, 5) is 11.5. The summed E-state index contributed by atoms with van der Waals surface area (Å²) in [6.07, 6.45) is 17.3. The van der Waals surface area contributed by atoms with E-state index in [2.05, 4.69) is 60.6 Å². The smallest absolute Gasteiger partial charge is 0.302 e. The molecular formula is C32H54O2. The Labute approximate surface area is 211 Å². The second-order valence-corrected chi connectivity index (χ2v) is 14.2. The fourth-order valence-electron chi connectivity index (χ4n) is 10.1. The molecule has 9 unspecified atom stereocenters. The van der Waals surface area contributed by atoms with Crippen LogP contribution in [-0.2, 0) is 9.53 Å². The van der Waals surface area contributed by atoms with Gasteiger partial charge in [-0.3, -0.25) is 4.79 Å². The maximum atomic E-state index is 11.5. The van der Waals surface area contributed by atoms with Gasteiger partial charge in [0.1, 0.15) is 6.10 Å². The van der Waals surface area contributed by atoms with Crippen LogP contribution in [0.25, 0.3) is 0 Å². The molecule has 0 N–H and O–H groups in total. The van der Waals surface area contributed by atoms with Crippen LogP contribution in [0, 0.1) is 64.1 Å². The number of allylic oxidation sites excluding steroid dienone is 2. The van der Waals surface area contributed by atoms with Crippen molar-refractivity contribution in [2.24, 2.45) is 64.1 Å². The predicted molar refractivity (Wildman–Crippen MR) is 142 cm³/mol. The first-order valence-electron chi connectivity index (χ1n) is 14.8. The molecule has 0 spiro atoms. The minimum atomic E-state index is -0.0935. The average molecular weight is 471 g/mol. The Morgan fingerprint density at radius 2 is 1.47 bits per heavy atom. The summed E-state index contributed by atoms with van der Waals surface area (Å²) in [5, 5.41) is 0. The first kappa shape index (κ1) is 26.3. The van der Waals surface area contributed by atoms with Crippen LogP contribution >= 0.6 is 0 Å². The molecule has 4 aliphatic carbocycles. The van der Waals surface area contributed by atoms with E-state index in [-0.39, 0.29) is 12.1 Å². The number of hydrogen-bond donors (Lipinski definition) is 0. The zero-order chi connectivity index (χ0) is 24.8. The van der Waals surface area contributed by atoms with Gasteiger partial charge in [0.2, 0.25) is 0 Å². The van der Waals surface area contributed by atoms with Crippen molar-refractivity contribution in [1.29, 1.82) is 0 Å². The van der Waals surface area contributed by atoms with Gasteiger partial charge in [0.05, 0.1) is 0 Å². The average Bonchev–Trinajstić information content (AvgIpc) is 3.10. The second-order valence-electron chi connectivity index (χ2n) is 14.2. The Bertz CT molecular complexity index is 744. The largest absolute Gasteiger partial charge is 0.463 e. The summed E-state index contributed by atoms with van der Waals surface area (Å²) >= 11 is 0. The summed E-state index contributed by atoms with van der Waals surface area (Å²) in [6.45, 7) is 18.9. The van der Waals surface area contributed by atoms with E-state index in [1.165, 1.54) is 44.9 Å². The molecule has 4 rings (SSSR count). The highest BCUT2D eigenvalue weighted by Gasteiger charge is 2.60. The lowest BCUT2D eigenvalue weighted by atomic mass is 9.44. The van der Waals surface area contributed by atoms with Gasteiger partial charge in [-0.2, -0.15) is 0 Å². The van der Waals surface area contributed by atoms with E-state index >= 15 is 0 Å². The lowest BCUT2D eigenvalue weighted by Gasteiger charge is -2.61. The van der Waals surface area contributed by atoms with Gasteiger partial charge in [0.25, 0.3) is 0 Å². The summed E-state index contributed by atoms with van der Waals surface area (Å²) in [5.74, 6) is 7.06. The third-order valence-electron chi connectivity index (χ3n) is 11.8. The molecular weight excluding hydrogens is 416 g/mol. The Hall–Kier alpha value is -0.790. The Morgan fingerprint density at radius 3 is 2.12 bits per heavy atom. The molecule has 2 nitrogen and oxygen atoms in total. The molecule has 4 aliphatic rings. The second kappa shape index (κ2) is 9.93. The number of carbonyl (C=O) groups excluding carboxylic acids is 1. The van der Waals surface area contributed by atoms with E-state index in [4.69, 9.17) is 4.74 Å². The monoisotopic (exact) mass is 470 g/mol. The number of rotatable bonds is 6. The molecule has 194 valence electrons. The van der Waals surface area contributed by atoms with Crippen molar-refractivity contribution in [2.45, 2.75) is 119 Å². The van der Waals surface area contributed by atoms with Crippen LogP contribution in [0.5, 0.6) is 0 Å². The van der Waals surface area contributed by atoms with Crippen LogP contribution in [0.1, 0.15) is 113 Å². The first-order chi connectivity index (χ1) is 16.0. The molecule has 0 heterocycles. The molecule has 0 aromatic rings. The van der Waals surface area contributed by atoms with Crippen LogP contribution in [0.15, 0.2) is 12.2 Å². The molecule has 9 atom stereocenters. The van der Waals surface area contributed by atoms with Crippen molar-refractivity contribution in [1.82, 2.24) is 0 Å². The molecule has 0 amide bonds. The number of esters is 1. The van der Waals surface area contributed by atoms with Crippen LogP contribution in [-0.4, -0.2) is 12.1 Å². The molecule has 0 aromatic heterocycles. The Kier molecular flexibility index (Phi) is 7.67. The first-order valence-corrected chi connectivity index (χ1v) is 14.8. The van der Waals surface area contributed by atoms with Crippen LogP contribution in [0.4, 0.5) is 0 Å². The van der Waals surface area contributed by atoms with Crippen molar-refractivity contribution < 1.29 is 9.53 Å². The SMILES string of the molecule is CC(=O)OC1CCC2(C)C(CCC3C2CCC2(C)C(C(C)C=CC(C(C)C)C(C)C)CCC32)C1.